The molecule has 2 rings (SSSR count). The number of hydrogen-bond donors (Lipinski definition) is 2. The summed E-state index contributed by atoms with van der Waals surface area (Å²) < 4.78 is 22.8. The van der Waals surface area contributed by atoms with Gasteiger partial charge in [0.2, 0.25) is 5.91 Å². The zero-order valence-electron chi connectivity index (χ0n) is 11.2. The molecule has 0 aromatic heterocycles. The number of carbonyl (C=O) groups excluding carboxylic acids is 1. The van der Waals surface area contributed by atoms with Gasteiger partial charge in [0.1, 0.15) is 0 Å². The van der Waals surface area contributed by atoms with Gasteiger partial charge in [-0.05, 0) is 42.5 Å². The first-order valence-electron chi connectivity index (χ1n) is 5.94. The van der Waals surface area contributed by atoms with Gasteiger partial charge < -0.3 is 11.5 Å². The van der Waals surface area contributed by atoms with E-state index < -0.39 is 15.7 Å². The van der Waals surface area contributed by atoms with Gasteiger partial charge in [-0.25, -0.2) is 8.42 Å². The molecule has 0 radical (unpaired) electrons. The number of nitrogen functional groups attached to an aromatic ring is 1. The van der Waals surface area contributed by atoms with Crippen LogP contribution in [-0.2, 0) is 9.84 Å². The lowest BCUT2D eigenvalue weighted by Crippen LogP contribution is -2.11. The maximum absolute atomic E-state index is 11.4. The second-order valence-corrected chi connectivity index (χ2v) is 7.59. The van der Waals surface area contributed by atoms with E-state index in [2.05, 4.69) is 0 Å². The Morgan fingerprint density at radius 1 is 1.10 bits per heavy atom. The molecule has 0 aliphatic heterocycles. The third-order valence-electron chi connectivity index (χ3n) is 2.78. The molecule has 4 N–H and O–H groups in total. The molecule has 21 heavy (non-hydrogen) atoms. The second-order valence-electron chi connectivity index (χ2n) is 4.46. The highest BCUT2D eigenvalue weighted by molar-refractivity contribution is 7.99. The molecular weight excluding hydrogens is 308 g/mol. The fourth-order valence-corrected chi connectivity index (χ4v) is 3.19. The summed E-state index contributed by atoms with van der Waals surface area (Å²) in [6.07, 6.45) is 1.16. The summed E-state index contributed by atoms with van der Waals surface area (Å²) in [6, 6.07) is 11.3. The van der Waals surface area contributed by atoms with Crippen LogP contribution in [0.1, 0.15) is 10.4 Å². The van der Waals surface area contributed by atoms with Gasteiger partial charge in [0.25, 0.3) is 0 Å². The molecule has 0 saturated carbocycles. The predicted octanol–water partition coefficient (Wildman–Crippen LogP) is 1.92. The van der Waals surface area contributed by atoms with Crippen molar-refractivity contribution in [2.45, 2.75) is 14.7 Å². The normalized spacial score (nSPS) is 11.3. The lowest BCUT2D eigenvalue weighted by Gasteiger charge is -2.07. The van der Waals surface area contributed by atoms with E-state index >= 15 is 0 Å². The molecule has 0 aliphatic rings. The molecule has 7 heteroatoms. The molecule has 110 valence electrons. The van der Waals surface area contributed by atoms with Crippen molar-refractivity contribution in [1.82, 2.24) is 0 Å². The lowest BCUT2D eigenvalue weighted by molar-refractivity contribution is 0.1000. The van der Waals surface area contributed by atoms with Crippen LogP contribution in [0, 0.1) is 0 Å². The van der Waals surface area contributed by atoms with Crippen LogP contribution < -0.4 is 11.5 Å². The number of carbonyl (C=O) groups is 1. The minimum Gasteiger partial charge on any atom is -0.398 e. The maximum Gasteiger partial charge on any atom is 0.248 e. The zero-order chi connectivity index (χ0) is 15.6. The van der Waals surface area contributed by atoms with Crippen molar-refractivity contribution in [3.8, 4) is 0 Å². The van der Waals surface area contributed by atoms with E-state index in [0.717, 1.165) is 11.2 Å². The molecule has 0 saturated heterocycles. The summed E-state index contributed by atoms with van der Waals surface area (Å²) in [4.78, 5) is 12.9. The van der Waals surface area contributed by atoms with Crippen LogP contribution in [0.25, 0.3) is 0 Å². The average molecular weight is 322 g/mol. The van der Waals surface area contributed by atoms with Crippen LogP contribution in [-0.4, -0.2) is 20.6 Å². The Labute approximate surface area is 127 Å². The van der Waals surface area contributed by atoms with Crippen molar-refractivity contribution in [3.63, 3.8) is 0 Å². The van der Waals surface area contributed by atoms with E-state index in [1.807, 2.05) is 0 Å². The molecule has 0 unspecified atom stereocenters. The SMILES string of the molecule is CS(=O)(=O)c1ccc(Sc2cc(C(N)=O)ccc2N)cc1. The van der Waals surface area contributed by atoms with E-state index in [1.165, 1.54) is 23.9 Å². The van der Waals surface area contributed by atoms with Crippen molar-refractivity contribution in [3.05, 3.63) is 48.0 Å². The first kappa shape index (κ1) is 15.4. The Kier molecular flexibility index (Phi) is 4.24. The number of hydrogen-bond acceptors (Lipinski definition) is 5. The minimum absolute atomic E-state index is 0.255. The molecule has 2 aromatic carbocycles. The van der Waals surface area contributed by atoms with E-state index in [4.69, 9.17) is 11.5 Å². The quantitative estimate of drug-likeness (QED) is 0.837. The Morgan fingerprint density at radius 2 is 1.71 bits per heavy atom. The summed E-state index contributed by atoms with van der Waals surface area (Å²) in [5.74, 6) is -0.524. The molecular formula is C14H14N2O3S2. The molecule has 5 nitrogen and oxygen atoms in total. The molecule has 0 spiro atoms. The van der Waals surface area contributed by atoms with Gasteiger partial charge >= 0.3 is 0 Å². The summed E-state index contributed by atoms with van der Waals surface area (Å²) in [7, 11) is -3.21. The first-order valence-corrected chi connectivity index (χ1v) is 8.65. The summed E-state index contributed by atoms with van der Waals surface area (Å²) >= 11 is 1.34. The van der Waals surface area contributed by atoms with E-state index in [9.17, 15) is 13.2 Å². The van der Waals surface area contributed by atoms with Crippen LogP contribution in [0.2, 0.25) is 0 Å². The van der Waals surface area contributed by atoms with Gasteiger partial charge in [-0.1, -0.05) is 11.8 Å². The molecule has 0 bridgehead atoms. The van der Waals surface area contributed by atoms with Crippen molar-refractivity contribution < 1.29 is 13.2 Å². The summed E-state index contributed by atoms with van der Waals surface area (Å²) in [5, 5.41) is 0. The summed E-state index contributed by atoms with van der Waals surface area (Å²) in [5.41, 5.74) is 12.0. The third-order valence-corrected chi connectivity index (χ3v) is 4.99. The van der Waals surface area contributed by atoms with Gasteiger partial charge in [-0.2, -0.15) is 0 Å². The predicted molar refractivity (Wildman–Crippen MR) is 83.0 cm³/mol. The number of amides is 1. The molecule has 2 aromatic rings. The fourth-order valence-electron chi connectivity index (χ4n) is 1.66. The smallest absolute Gasteiger partial charge is 0.248 e. The molecule has 0 fully saturated rings. The number of primary amides is 1. The van der Waals surface area contributed by atoms with Crippen LogP contribution in [0.15, 0.2) is 57.2 Å². The van der Waals surface area contributed by atoms with Crippen LogP contribution in [0.5, 0.6) is 0 Å². The fraction of sp³-hybridized carbons (Fsp3) is 0.0714. The third kappa shape index (κ3) is 3.77. The van der Waals surface area contributed by atoms with Crippen LogP contribution >= 0.6 is 11.8 Å². The van der Waals surface area contributed by atoms with E-state index in [0.29, 0.717) is 16.1 Å². The highest BCUT2D eigenvalue weighted by Gasteiger charge is 2.09. The molecule has 1 amide bonds. The number of sulfone groups is 1. The lowest BCUT2D eigenvalue weighted by atomic mass is 10.2. The van der Waals surface area contributed by atoms with Gasteiger partial charge in [0.05, 0.1) is 4.90 Å². The van der Waals surface area contributed by atoms with Crippen molar-refractivity contribution in [2.24, 2.45) is 5.73 Å². The number of benzene rings is 2. The minimum atomic E-state index is -3.21. The van der Waals surface area contributed by atoms with Crippen LogP contribution in [0.3, 0.4) is 0 Å². The molecule has 0 heterocycles. The topological polar surface area (TPSA) is 103 Å². The number of anilines is 1. The van der Waals surface area contributed by atoms with Crippen molar-refractivity contribution in [2.75, 3.05) is 12.0 Å². The Morgan fingerprint density at radius 3 is 2.24 bits per heavy atom. The van der Waals surface area contributed by atoms with Crippen molar-refractivity contribution in [1.29, 1.82) is 0 Å². The van der Waals surface area contributed by atoms with Gasteiger partial charge in [0, 0.05) is 27.3 Å². The Hall–Kier alpha value is -1.99. The second kappa shape index (κ2) is 5.79. The molecule has 0 atom stereocenters. The molecule has 0 aliphatic carbocycles. The van der Waals surface area contributed by atoms with E-state index in [1.54, 1.807) is 30.3 Å². The first-order chi connectivity index (χ1) is 9.77. The van der Waals surface area contributed by atoms with E-state index in [-0.39, 0.29) is 4.90 Å². The maximum atomic E-state index is 11.4. The average Bonchev–Trinajstić information content (AvgIpc) is 2.40. The van der Waals surface area contributed by atoms with Crippen LogP contribution in [0.4, 0.5) is 5.69 Å². The van der Waals surface area contributed by atoms with Crippen molar-refractivity contribution >= 4 is 33.2 Å². The Bertz CT molecular complexity index is 784. The monoisotopic (exact) mass is 322 g/mol. The Balaban J connectivity index is 2.30. The summed E-state index contributed by atoms with van der Waals surface area (Å²) in [6.45, 7) is 0. The van der Waals surface area contributed by atoms with Gasteiger partial charge in [-0.3, -0.25) is 4.79 Å². The zero-order valence-corrected chi connectivity index (χ0v) is 12.9. The van der Waals surface area contributed by atoms with Gasteiger partial charge in [0.15, 0.2) is 9.84 Å². The standard InChI is InChI=1S/C14H14N2O3S2/c1-21(18,19)11-5-3-10(4-6-11)20-13-8-9(14(16)17)2-7-12(13)15/h2-8H,15H2,1H3,(H2,16,17). The van der Waals surface area contributed by atoms with Gasteiger partial charge in [-0.15, -0.1) is 0 Å². The highest BCUT2D eigenvalue weighted by atomic mass is 32.2. The highest BCUT2D eigenvalue weighted by Crippen LogP contribution is 2.33. The number of nitrogens with two attached hydrogens (primary N) is 2. The number of rotatable bonds is 4. The largest absolute Gasteiger partial charge is 0.398 e.